The van der Waals surface area contributed by atoms with Crippen molar-refractivity contribution in [3.05, 3.63) is 28.5 Å². The summed E-state index contributed by atoms with van der Waals surface area (Å²) < 4.78 is 40.8. The highest BCUT2D eigenvalue weighted by Crippen LogP contribution is 2.27. The van der Waals surface area contributed by atoms with Gasteiger partial charge in [-0.3, -0.25) is 4.79 Å². The Bertz CT molecular complexity index is 409. The highest BCUT2D eigenvalue weighted by molar-refractivity contribution is 6.30. The van der Waals surface area contributed by atoms with Crippen molar-refractivity contribution >= 4 is 17.6 Å². The van der Waals surface area contributed by atoms with Crippen molar-refractivity contribution in [2.24, 2.45) is 0 Å². The van der Waals surface area contributed by atoms with Crippen molar-refractivity contribution in [2.75, 3.05) is 0 Å². The molecule has 0 unspecified atom stereocenters. The molecule has 0 radical (unpaired) electrons. The van der Waals surface area contributed by atoms with E-state index < -0.39 is 30.6 Å². The molecule has 16 heavy (non-hydrogen) atoms. The predicted octanol–water partition coefficient (Wildman–Crippen LogP) is 2.71. The van der Waals surface area contributed by atoms with Crippen molar-refractivity contribution in [3.8, 4) is 5.75 Å². The molecule has 7 heteroatoms. The van der Waals surface area contributed by atoms with Gasteiger partial charge in [0.2, 0.25) is 0 Å². The Hall–Kier alpha value is -1.43. The van der Waals surface area contributed by atoms with Crippen molar-refractivity contribution in [1.82, 2.24) is 0 Å². The van der Waals surface area contributed by atoms with E-state index in [1.807, 2.05) is 0 Å². The highest BCUT2D eigenvalue weighted by Gasteiger charge is 2.15. The number of halogens is 4. The number of ether oxygens (including phenoxy) is 1. The average molecular weight is 255 g/mol. The number of aliphatic carboxylic acids is 1. The van der Waals surface area contributed by atoms with Crippen molar-refractivity contribution in [3.63, 3.8) is 0 Å². The Labute approximate surface area is 93.4 Å². The summed E-state index contributed by atoms with van der Waals surface area (Å²) in [5.74, 6) is -2.74. The lowest BCUT2D eigenvalue weighted by Crippen LogP contribution is -2.08. The van der Waals surface area contributed by atoms with E-state index in [0.717, 1.165) is 6.07 Å². The van der Waals surface area contributed by atoms with Gasteiger partial charge in [0.25, 0.3) is 0 Å². The van der Waals surface area contributed by atoms with Gasteiger partial charge < -0.3 is 9.84 Å². The van der Waals surface area contributed by atoms with E-state index in [1.165, 1.54) is 0 Å². The molecule has 0 heterocycles. The van der Waals surface area contributed by atoms with Crippen LogP contribution in [0.2, 0.25) is 5.02 Å². The lowest BCUT2D eigenvalue weighted by Gasteiger charge is -2.10. The van der Waals surface area contributed by atoms with Crippen molar-refractivity contribution in [1.29, 1.82) is 0 Å². The van der Waals surface area contributed by atoms with E-state index in [1.54, 1.807) is 0 Å². The SMILES string of the molecule is O=C(O)Cc1cc(Cl)c(F)cc1OC(F)F. The van der Waals surface area contributed by atoms with Gasteiger partial charge in [-0.1, -0.05) is 11.6 Å². The fourth-order valence-electron chi connectivity index (χ4n) is 1.08. The summed E-state index contributed by atoms with van der Waals surface area (Å²) in [4.78, 5) is 10.4. The molecule has 0 atom stereocenters. The topological polar surface area (TPSA) is 46.5 Å². The molecular weight excluding hydrogens is 249 g/mol. The lowest BCUT2D eigenvalue weighted by molar-refractivity contribution is -0.136. The number of hydrogen-bond acceptors (Lipinski definition) is 2. The van der Waals surface area contributed by atoms with Crippen LogP contribution in [0.1, 0.15) is 5.56 Å². The number of alkyl halides is 2. The van der Waals surface area contributed by atoms with Gasteiger partial charge >= 0.3 is 12.6 Å². The number of rotatable bonds is 4. The molecule has 0 aromatic heterocycles. The minimum atomic E-state index is -3.16. The van der Waals surface area contributed by atoms with Crippen LogP contribution in [0.5, 0.6) is 5.75 Å². The second kappa shape index (κ2) is 5.07. The molecule has 88 valence electrons. The van der Waals surface area contributed by atoms with Crippen LogP contribution in [0.15, 0.2) is 12.1 Å². The standard InChI is InChI=1S/C9H6ClF3O3/c10-5-1-4(2-8(14)15)7(3-6(5)11)16-9(12)13/h1,3,9H,2H2,(H,14,15). The third kappa shape index (κ3) is 3.30. The maximum absolute atomic E-state index is 12.9. The summed E-state index contributed by atoms with van der Waals surface area (Å²) >= 11 is 5.39. The molecule has 0 aliphatic rings. The van der Waals surface area contributed by atoms with E-state index in [4.69, 9.17) is 16.7 Å². The zero-order valence-corrected chi connectivity index (χ0v) is 8.47. The predicted molar refractivity (Wildman–Crippen MR) is 49.4 cm³/mol. The molecule has 1 N–H and O–H groups in total. The molecule has 0 aliphatic carbocycles. The Morgan fingerprint density at radius 2 is 2.12 bits per heavy atom. The fraction of sp³-hybridized carbons (Fsp3) is 0.222. The van der Waals surface area contributed by atoms with E-state index in [-0.39, 0.29) is 10.6 Å². The minimum absolute atomic E-state index is 0.112. The zero-order valence-electron chi connectivity index (χ0n) is 7.71. The second-order valence-corrected chi connectivity index (χ2v) is 3.23. The smallest absolute Gasteiger partial charge is 0.387 e. The second-order valence-electron chi connectivity index (χ2n) is 2.82. The van der Waals surface area contributed by atoms with Crippen LogP contribution in [0.4, 0.5) is 13.2 Å². The van der Waals surface area contributed by atoms with E-state index in [0.29, 0.717) is 6.07 Å². The van der Waals surface area contributed by atoms with E-state index in [2.05, 4.69) is 4.74 Å². The normalized spacial score (nSPS) is 10.6. The van der Waals surface area contributed by atoms with Crippen LogP contribution >= 0.6 is 11.6 Å². The average Bonchev–Trinajstić information content (AvgIpc) is 2.11. The molecule has 0 saturated heterocycles. The van der Waals surface area contributed by atoms with Crippen LogP contribution in [0.25, 0.3) is 0 Å². The number of carboxylic acid groups (broad SMARTS) is 1. The number of carboxylic acids is 1. The van der Waals surface area contributed by atoms with Crippen LogP contribution in [-0.2, 0) is 11.2 Å². The van der Waals surface area contributed by atoms with Gasteiger partial charge in [0.15, 0.2) is 0 Å². The summed E-state index contributed by atoms with van der Waals surface area (Å²) in [5.41, 5.74) is -0.112. The van der Waals surface area contributed by atoms with E-state index in [9.17, 15) is 18.0 Å². The van der Waals surface area contributed by atoms with Gasteiger partial charge in [-0.25, -0.2) is 4.39 Å². The first-order valence-corrected chi connectivity index (χ1v) is 4.42. The summed E-state index contributed by atoms with van der Waals surface area (Å²) in [6.07, 6.45) is -0.581. The molecule has 3 nitrogen and oxygen atoms in total. The van der Waals surface area contributed by atoms with Crippen LogP contribution < -0.4 is 4.74 Å². The number of benzene rings is 1. The van der Waals surface area contributed by atoms with Gasteiger partial charge in [0.05, 0.1) is 11.4 Å². The molecule has 0 fully saturated rings. The van der Waals surface area contributed by atoms with Crippen molar-refractivity contribution < 1.29 is 27.8 Å². The lowest BCUT2D eigenvalue weighted by atomic mass is 10.1. The molecule has 1 aromatic rings. The van der Waals surface area contributed by atoms with Crippen LogP contribution in [0, 0.1) is 5.82 Å². The summed E-state index contributed by atoms with van der Waals surface area (Å²) in [7, 11) is 0. The Balaban J connectivity index is 3.11. The Morgan fingerprint density at radius 1 is 1.50 bits per heavy atom. The minimum Gasteiger partial charge on any atom is -0.481 e. The summed E-state index contributed by atoms with van der Waals surface area (Å²) in [6.45, 7) is -3.16. The molecule has 0 bridgehead atoms. The summed E-state index contributed by atoms with van der Waals surface area (Å²) in [6, 6.07) is 1.58. The Morgan fingerprint density at radius 3 is 2.62 bits per heavy atom. The van der Waals surface area contributed by atoms with Crippen molar-refractivity contribution in [2.45, 2.75) is 13.0 Å². The number of carbonyl (C=O) groups is 1. The first-order valence-electron chi connectivity index (χ1n) is 4.04. The van der Waals surface area contributed by atoms with Crippen LogP contribution in [0.3, 0.4) is 0 Å². The van der Waals surface area contributed by atoms with Crippen LogP contribution in [-0.4, -0.2) is 17.7 Å². The maximum Gasteiger partial charge on any atom is 0.387 e. The van der Waals surface area contributed by atoms with E-state index >= 15 is 0 Å². The van der Waals surface area contributed by atoms with Gasteiger partial charge in [0, 0.05) is 11.6 Å². The molecule has 1 rings (SSSR count). The maximum atomic E-state index is 12.9. The third-order valence-electron chi connectivity index (χ3n) is 1.66. The third-order valence-corrected chi connectivity index (χ3v) is 1.95. The zero-order chi connectivity index (χ0) is 12.3. The number of hydrogen-bond donors (Lipinski definition) is 1. The largest absolute Gasteiger partial charge is 0.481 e. The Kier molecular flexibility index (Phi) is 4.00. The first kappa shape index (κ1) is 12.6. The van der Waals surface area contributed by atoms with Gasteiger partial charge in [0.1, 0.15) is 11.6 Å². The van der Waals surface area contributed by atoms with Gasteiger partial charge in [-0.05, 0) is 6.07 Å². The molecule has 0 saturated carbocycles. The molecular formula is C9H6ClF3O3. The quantitative estimate of drug-likeness (QED) is 0.899. The summed E-state index contributed by atoms with van der Waals surface area (Å²) in [5, 5.41) is 8.16. The first-order chi connectivity index (χ1) is 7.40. The molecule has 0 spiro atoms. The fourth-order valence-corrected chi connectivity index (χ4v) is 1.26. The van der Waals surface area contributed by atoms with Gasteiger partial charge in [-0.15, -0.1) is 0 Å². The highest BCUT2D eigenvalue weighted by atomic mass is 35.5. The monoisotopic (exact) mass is 254 g/mol. The molecule has 1 aromatic carbocycles. The molecule has 0 amide bonds. The van der Waals surface area contributed by atoms with Gasteiger partial charge in [-0.2, -0.15) is 8.78 Å². The molecule has 0 aliphatic heterocycles.